The summed E-state index contributed by atoms with van der Waals surface area (Å²) in [6.07, 6.45) is 19.2. The van der Waals surface area contributed by atoms with Gasteiger partial charge in [-0.3, -0.25) is 0 Å². The van der Waals surface area contributed by atoms with Gasteiger partial charge in [0.05, 0.1) is 0 Å². The topological polar surface area (TPSA) is 106 Å². The van der Waals surface area contributed by atoms with Crippen LogP contribution >= 0.6 is 7.82 Å². The van der Waals surface area contributed by atoms with Crippen LogP contribution < -0.4 is 103 Å². The first kappa shape index (κ1) is 38.6. The molecule has 25 heavy (non-hydrogen) atoms. The maximum Gasteiger partial charge on any atom is 1.00 e. The molecule has 0 radical (unpaired) electrons. The Morgan fingerprint density at radius 2 is 0.800 bits per heavy atom. The largest absolute Gasteiger partial charge is 1.00 e. The van der Waals surface area contributed by atoms with Crippen LogP contribution in [0.15, 0.2) is 0 Å². The van der Waals surface area contributed by atoms with E-state index in [-0.39, 0.29) is 88.7 Å². The molecule has 0 aliphatic heterocycles. The van der Waals surface area contributed by atoms with Crippen molar-refractivity contribution in [1.82, 2.24) is 0 Å². The van der Waals surface area contributed by atoms with Crippen LogP contribution in [0.25, 0.3) is 0 Å². The normalized spacial score (nSPS) is 9.80. The number of aliphatic hydroxyl groups is 1. The summed E-state index contributed by atoms with van der Waals surface area (Å²) in [4.78, 5) is 25.6. The zero-order valence-electron chi connectivity index (χ0n) is 17.1. The maximum absolute atomic E-state index is 8.64. The minimum absolute atomic E-state index is 0. The molecule has 0 aliphatic carbocycles. The van der Waals surface area contributed by atoms with E-state index in [1.54, 1.807) is 0 Å². The van der Waals surface area contributed by atoms with Gasteiger partial charge in [0.15, 0.2) is 0 Å². The first-order chi connectivity index (χ1) is 10.4. The molecule has 0 saturated heterocycles. The van der Waals surface area contributed by atoms with Crippen LogP contribution in [0, 0.1) is 0 Å². The second-order valence-electron chi connectivity index (χ2n) is 5.77. The predicted molar refractivity (Wildman–Crippen MR) is 85.0 cm³/mol. The van der Waals surface area contributed by atoms with Gasteiger partial charge in [-0.15, -0.1) is 0 Å². The van der Waals surface area contributed by atoms with Gasteiger partial charge >= 0.3 is 88.7 Å². The zero-order chi connectivity index (χ0) is 17.1. The smallest absolute Gasteiger partial charge is 0.822 e. The van der Waals surface area contributed by atoms with E-state index in [2.05, 4.69) is 6.92 Å². The van der Waals surface area contributed by atoms with Crippen molar-refractivity contribution in [3.8, 4) is 0 Å². The Labute approximate surface area is 221 Å². The van der Waals surface area contributed by atoms with Crippen LogP contribution in [0.3, 0.4) is 0 Å². The molecule has 0 saturated carbocycles. The van der Waals surface area contributed by atoms with Crippen molar-refractivity contribution in [1.29, 1.82) is 0 Å². The van der Waals surface area contributed by atoms with Crippen molar-refractivity contribution >= 4 is 7.82 Å². The average Bonchev–Trinajstić information content (AvgIpc) is 2.42. The van der Waals surface area contributed by atoms with E-state index >= 15 is 0 Å². The molecule has 0 aromatic heterocycles. The van der Waals surface area contributed by atoms with E-state index in [0.717, 1.165) is 6.42 Å². The minimum Gasteiger partial charge on any atom is -0.822 e. The van der Waals surface area contributed by atoms with Crippen molar-refractivity contribution in [3.63, 3.8) is 0 Å². The van der Waals surface area contributed by atoms with Crippen molar-refractivity contribution in [2.24, 2.45) is 0 Å². The summed E-state index contributed by atoms with van der Waals surface area (Å²) in [5.41, 5.74) is 0. The number of hydrogen-bond acceptors (Lipinski definition) is 5. The van der Waals surface area contributed by atoms with E-state index in [4.69, 9.17) is 24.4 Å². The molecule has 0 fully saturated rings. The third-order valence-electron chi connectivity index (χ3n) is 3.51. The monoisotopic (exact) mass is 406 g/mol. The Morgan fingerprint density at radius 3 is 1.00 bits per heavy atom. The van der Waals surface area contributed by atoms with Gasteiger partial charge in [-0.2, -0.15) is 7.82 Å². The summed E-state index contributed by atoms with van der Waals surface area (Å²) in [6.45, 7) is 2.65. The molecule has 0 bridgehead atoms. The second kappa shape index (κ2) is 31.8. The molecule has 0 amide bonds. The van der Waals surface area contributed by atoms with E-state index in [9.17, 15) is 0 Å². The van der Waals surface area contributed by atoms with Gasteiger partial charge in [0.1, 0.15) is 0 Å². The van der Waals surface area contributed by atoms with Gasteiger partial charge in [-0.25, -0.2) is 0 Å². The van der Waals surface area contributed by atoms with Gasteiger partial charge in [-0.05, 0) is 6.42 Å². The summed E-state index contributed by atoms with van der Waals surface area (Å²) in [5.74, 6) is 0. The van der Waals surface area contributed by atoms with Crippen LogP contribution in [0.5, 0.6) is 0 Å². The molecular weight excluding hydrogens is 372 g/mol. The Morgan fingerprint density at radius 1 is 0.600 bits per heavy atom. The van der Waals surface area contributed by atoms with Crippen molar-refractivity contribution in [3.05, 3.63) is 0 Å². The van der Waals surface area contributed by atoms with Gasteiger partial charge in [0, 0.05) is 6.61 Å². The summed E-state index contributed by atoms with van der Waals surface area (Å²) < 4.78 is 8.55. The van der Waals surface area contributed by atoms with Crippen LogP contribution in [0.2, 0.25) is 0 Å². The van der Waals surface area contributed by atoms with Gasteiger partial charge in [0.2, 0.25) is 0 Å². The van der Waals surface area contributed by atoms with E-state index in [1.807, 2.05) is 0 Å². The number of rotatable bonds is 14. The maximum atomic E-state index is 8.64. The fourth-order valence-corrected chi connectivity index (χ4v) is 2.31. The van der Waals surface area contributed by atoms with Crippen molar-refractivity contribution in [2.75, 3.05) is 6.61 Å². The second-order valence-corrected chi connectivity index (χ2v) is 6.66. The van der Waals surface area contributed by atoms with Gasteiger partial charge in [0.25, 0.3) is 0 Å². The molecule has 5 nitrogen and oxygen atoms in total. The molecule has 136 valence electrons. The number of unbranched alkanes of at least 4 members (excludes halogenated alkanes) is 13. The van der Waals surface area contributed by atoms with Gasteiger partial charge < -0.3 is 24.4 Å². The van der Waals surface area contributed by atoms with Crippen molar-refractivity contribution < 1.29 is 113 Å². The summed E-state index contributed by atoms with van der Waals surface area (Å²) in [6, 6.07) is 0. The van der Waals surface area contributed by atoms with E-state index in [0.29, 0.717) is 6.61 Å². The van der Waals surface area contributed by atoms with Crippen LogP contribution in [-0.4, -0.2) is 11.7 Å². The standard InChI is InChI=1S/C16H34O.3Na.H3O4P/c1-2-3-4-5-6-7-8-9-10-11-12-13-14-15-16-17;;;;1-5(2,3)4/h17H,2-16H2,1H3;;;;(H3,1,2,3,4)/q;3*+1;/p-3. The number of hydrogen-bond donors (Lipinski definition) is 1. The molecule has 0 aromatic carbocycles. The molecule has 0 unspecified atom stereocenters. The predicted octanol–water partition coefficient (Wildman–Crippen LogP) is -6.35. The molecule has 0 aromatic rings. The molecule has 1 N–H and O–H groups in total. The molecule has 0 heterocycles. The zero-order valence-corrected chi connectivity index (χ0v) is 24.0. The fourth-order valence-electron chi connectivity index (χ4n) is 2.31. The molecule has 0 rings (SSSR count). The number of aliphatic hydroxyl groups excluding tert-OH is 1. The minimum atomic E-state index is -5.39. The summed E-state index contributed by atoms with van der Waals surface area (Å²) in [5, 5.41) is 8.64. The molecule has 0 spiro atoms. The molecular formula is C16H34Na3O5P. The summed E-state index contributed by atoms with van der Waals surface area (Å²) >= 11 is 0. The van der Waals surface area contributed by atoms with E-state index in [1.165, 1.54) is 83.5 Å². The Bertz CT molecular complexity index is 234. The molecule has 9 heteroatoms. The first-order valence-corrected chi connectivity index (χ1v) is 10.2. The third kappa shape index (κ3) is 58.4. The SMILES string of the molecule is CCCCCCCCCCCCCCCCO.O=P([O-])([O-])[O-].[Na+].[Na+].[Na+]. The van der Waals surface area contributed by atoms with Crippen molar-refractivity contribution in [2.45, 2.75) is 96.8 Å². The van der Waals surface area contributed by atoms with E-state index < -0.39 is 7.82 Å². The average molecular weight is 406 g/mol. The molecule has 0 atom stereocenters. The van der Waals surface area contributed by atoms with Crippen LogP contribution in [-0.2, 0) is 4.57 Å². The van der Waals surface area contributed by atoms with Crippen LogP contribution in [0.4, 0.5) is 0 Å². The summed E-state index contributed by atoms with van der Waals surface area (Å²) in [7, 11) is -5.39. The van der Waals surface area contributed by atoms with Crippen LogP contribution in [0.1, 0.15) is 96.8 Å². The Balaban J connectivity index is -0.000000147. The van der Waals surface area contributed by atoms with Gasteiger partial charge in [-0.1, -0.05) is 90.4 Å². The third-order valence-corrected chi connectivity index (χ3v) is 3.51. The first-order valence-electron chi connectivity index (χ1n) is 8.75. The Kier molecular flexibility index (Phi) is 49.1. The Hall–Kier alpha value is 3.07. The quantitative estimate of drug-likeness (QED) is 0.176. The fraction of sp³-hybridized carbons (Fsp3) is 1.00. The number of phosphoric acid groups is 1. The molecule has 0 aliphatic rings.